The first-order valence-corrected chi connectivity index (χ1v) is 9.68. The molecule has 2 N–H and O–H groups in total. The van der Waals surface area contributed by atoms with E-state index >= 15 is 4.39 Å². The van der Waals surface area contributed by atoms with Gasteiger partial charge in [0.1, 0.15) is 5.82 Å². The molecule has 0 fully saturated rings. The first-order chi connectivity index (χ1) is 14.2. The van der Waals surface area contributed by atoms with Crippen molar-refractivity contribution < 1.29 is 9.18 Å². The Bertz CT molecular complexity index is 1200. The van der Waals surface area contributed by atoms with E-state index in [1.807, 2.05) is 66.7 Å². The summed E-state index contributed by atoms with van der Waals surface area (Å²) in [6.07, 6.45) is 2.30. The highest BCUT2D eigenvalue weighted by Crippen LogP contribution is 2.31. The molecule has 0 aliphatic carbocycles. The number of nitrogens with zero attached hydrogens (tertiary/aromatic N) is 1. The minimum atomic E-state index is -0.176. The highest BCUT2D eigenvalue weighted by atomic mass is 19.1. The maximum absolute atomic E-state index is 15.1. The largest absolute Gasteiger partial charge is 0.359 e. The SMILES string of the molecule is O=C(Nc1c[nH]c2ccccc12)N1CCc2c(ccc(-c3ccccc3)c2F)C1. The standard InChI is InChI=1S/C24H20FN3O/c25-23-18(16-6-2-1-3-7-16)11-10-17-15-28(13-12-19(17)23)24(29)27-22-14-26-21-9-5-4-8-20(21)22/h1-11,14,26H,12-13,15H2,(H,27,29). The quantitative estimate of drug-likeness (QED) is 0.466. The van der Waals surface area contributed by atoms with Gasteiger partial charge in [0, 0.05) is 35.8 Å². The number of carbonyl (C=O) groups excluding carboxylic acids is 1. The van der Waals surface area contributed by atoms with E-state index in [0.717, 1.165) is 27.7 Å². The lowest BCUT2D eigenvalue weighted by Gasteiger charge is -2.29. The lowest BCUT2D eigenvalue weighted by Crippen LogP contribution is -2.39. The monoisotopic (exact) mass is 385 g/mol. The Hall–Kier alpha value is -3.60. The summed E-state index contributed by atoms with van der Waals surface area (Å²) in [7, 11) is 0. The zero-order valence-corrected chi connectivity index (χ0v) is 15.8. The molecule has 0 radical (unpaired) electrons. The molecular weight excluding hydrogens is 365 g/mol. The molecular formula is C24H20FN3O. The van der Waals surface area contributed by atoms with Crippen LogP contribution < -0.4 is 5.32 Å². The van der Waals surface area contributed by atoms with Crippen LogP contribution in [0.1, 0.15) is 11.1 Å². The summed E-state index contributed by atoms with van der Waals surface area (Å²) in [5.41, 5.74) is 4.78. The first kappa shape index (κ1) is 17.5. The summed E-state index contributed by atoms with van der Waals surface area (Å²) in [6, 6.07) is 21.0. The topological polar surface area (TPSA) is 48.1 Å². The fourth-order valence-electron chi connectivity index (χ4n) is 3.99. The van der Waals surface area contributed by atoms with E-state index in [1.54, 1.807) is 11.1 Å². The van der Waals surface area contributed by atoms with Gasteiger partial charge in [-0.25, -0.2) is 9.18 Å². The van der Waals surface area contributed by atoms with Crippen molar-refractivity contribution in [2.75, 3.05) is 11.9 Å². The van der Waals surface area contributed by atoms with Gasteiger partial charge in [-0.15, -0.1) is 0 Å². The predicted molar refractivity (Wildman–Crippen MR) is 113 cm³/mol. The first-order valence-electron chi connectivity index (χ1n) is 9.68. The second-order valence-corrected chi connectivity index (χ2v) is 7.28. The molecule has 0 atom stereocenters. The van der Waals surface area contributed by atoms with E-state index in [4.69, 9.17) is 0 Å². The Labute approximate surface area is 168 Å². The highest BCUT2D eigenvalue weighted by molar-refractivity contribution is 6.01. The van der Waals surface area contributed by atoms with Gasteiger partial charge in [-0.2, -0.15) is 0 Å². The van der Waals surface area contributed by atoms with Gasteiger partial charge in [0.2, 0.25) is 0 Å². The molecule has 1 aliphatic rings. The van der Waals surface area contributed by atoms with Crippen LogP contribution in [0.4, 0.5) is 14.9 Å². The van der Waals surface area contributed by atoms with Crippen molar-refractivity contribution in [3.05, 3.63) is 89.9 Å². The second-order valence-electron chi connectivity index (χ2n) is 7.28. The van der Waals surface area contributed by atoms with Crippen LogP contribution in [0.25, 0.3) is 22.0 Å². The zero-order chi connectivity index (χ0) is 19.8. The van der Waals surface area contributed by atoms with Crippen molar-refractivity contribution >= 4 is 22.6 Å². The Morgan fingerprint density at radius 2 is 1.79 bits per heavy atom. The number of aromatic nitrogens is 1. The van der Waals surface area contributed by atoms with E-state index in [9.17, 15) is 4.79 Å². The number of urea groups is 1. The van der Waals surface area contributed by atoms with E-state index in [-0.39, 0.29) is 11.8 Å². The molecule has 2 amide bonds. The van der Waals surface area contributed by atoms with Crippen molar-refractivity contribution in [1.82, 2.24) is 9.88 Å². The normalized spacial score (nSPS) is 13.3. The summed E-state index contributed by atoms with van der Waals surface area (Å²) >= 11 is 0. The van der Waals surface area contributed by atoms with Crippen LogP contribution in [-0.2, 0) is 13.0 Å². The highest BCUT2D eigenvalue weighted by Gasteiger charge is 2.25. The van der Waals surface area contributed by atoms with E-state index in [0.29, 0.717) is 30.6 Å². The number of hydrogen-bond acceptors (Lipinski definition) is 1. The summed E-state index contributed by atoms with van der Waals surface area (Å²) < 4.78 is 15.1. The maximum Gasteiger partial charge on any atom is 0.322 e. The lowest BCUT2D eigenvalue weighted by molar-refractivity contribution is 0.206. The van der Waals surface area contributed by atoms with Crippen molar-refractivity contribution in [1.29, 1.82) is 0 Å². The van der Waals surface area contributed by atoms with Gasteiger partial charge in [0.05, 0.1) is 5.69 Å². The van der Waals surface area contributed by atoms with Crippen LogP contribution in [0, 0.1) is 5.82 Å². The Kier molecular flexibility index (Phi) is 4.28. The third-order valence-corrected chi connectivity index (χ3v) is 5.54. The second kappa shape index (κ2) is 7.09. The maximum atomic E-state index is 15.1. The number of nitrogens with one attached hydrogen (secondary N) is 2. The van der Waals surface area contributed by atoms with Crippen molar-refractivity contribution in [2.45, 2.75) is 13.0 Å². The number of halogens is 1. The number of aromatic amines is 1. The number of H-pyrrole nitrogens is 1. The Balaban J connectivity index is 1.37. The Morgan fingerprint density at radius 3 is 2.66 bits per heavy atom. The van der Waals surface area contributed by atoms with Crippen LogP contribution in [0.3, 0.4) is 0 Å². The number of rotatable bonds is 2. The van der Waals surface area contributed by atoms with Crippen LogP contribution in [0.2, 0.25) is 0 Å². The van der Waals surface area contributed by atoms with E-state index in [1.165, 1.54) is 0 Å². The van der Waals surface area contributed by atoms with Crippen LogP contribution in [0.15, 0.2) is 72.9 Å². The number of hydrogen-bond donors (Lipinski definition) is 2. The third kappa shape index (κ3) is 3.14. The van der Waals surface area contributed by atoms with Gasteiger partial charge in [0.15, 0.2) is 0 Å². The molecule has 3 aromatic carbocycles. The van der Waals surface area contributed by atoms with Crippen molar-refractivity contribution in [3.63, 3.8) is 0 Å². The average molecular weight is 385 g/mol. The zero-order valence-electron chi connectivity index (χ0n) is 15.8. The molecule has 0 bridgehead atoms. The van der Waals surface area contributed by atoms with Crippen LogP contribution >= 0.6 is 0 Å². The molecule has 0 saturated heterocycles. The minimum Gasteiger partial charge on any atom is -0.359 e. The number of amides is 2. The van der Waals surface area contributed by atoms with Gasteiger partial charge < -0.3 is 15.2 Å². The number of anilines is 1. The minimum absolute atomic E-state index is 0.173. The number of para-hydroxylation sites is 1. The van der Waals surface area contributed by atoms with Crippen molar-refractivity contribution in [2.24, 2.45) is 0 Å². The lowest BCUT2D eigenvalue weighted by atomic mass is 9.93. The molecule has 0 unspecified atom stereocenters. The van der Waals surface area contributed by atoms with E-state index < -0.39 is 0 Å². The predicted octanol–water partition coefficient (Wildman–Crippen LogP) is 5.56. The average Bonchev–Trinajstić information content (AvgIpc) is 3.17. The van der Waals surface area contributed by atoms with Gasteiger partial charge in [-0.1, -0.05) is 60.7 Å². The molecule has 2 heterocycles. The summed E-state index contributed by atoms with van der Waals surface area (Å²) in [6.45, 7) is 0.881. The van der Waals surface area contributed by atoms with Gasteiger partial charge in [0.25, 0.3) is 0 Å². The molecule has 144 valence electrons. The molecule has 5 rings (SSSR count). The van der Waals surface area contributed by atoms with Crippen LogP contribution in [0.5, 0.6) is 0 Å². The number of benzene rings is 3. The number of fused-ring (bicyclic) bond motifs is 2. The Morgan fingerprint density at radius 1 is 1.00 bits per heavy atom. The third-order valence-electron chi connectivity index (χ3n) is 5.54. The molecule has 1 aromatic heterocycles. The number of carbonyl (C=O) groups is 1. The molecule has 4 nitrogen and oxygen atoms in total. The fraction of sp³-hybridized carbons (Fsp3) is 0.125. The van der Waals surface area contributed by atoms with Gasteiger partial charge in [-0.3, -0.25) is 0 Å². The summed E-state index contributed by atoms with van der Waals surface area (Å²) in [5, 5.41) is 3.95. The summed E-state index contributed by atoms with van der Waals surface area (Å²) in [4.78, 5) is 17.7. The molecule has 4 aromatic rings. The van der Waals surface area contributed by atoms with Crippen LogP contribution in [-0.4, -0.2) is 22.5 Å². The van der Waals surface area contributed by atoms with E-state index in [2.05, 4.69) is 10.3 Å². The molecule has 0 saturated carbocycles. The smallest absolute Gasteiger partial charge is 0.322 e. The van der Waals surface area contributed by atoms with Gasteiger partial charge >= 0.3 is 6.03 Å². The molecule has 0 spiro atoms. The molecule has 1 aliphatic heterocycles. The fourth-order valence-corrected chi connectivity index (χ4v) is 3.99. The van der Waals surface area contributed by atoms with Gasteiger partial charge in [-0.05, 0) is 29.2 Å². The summed E-state index contributed by atoms with van der Waals surface area (Å²) in [5.74, 6) is -0.176. The van der Waals surface area contributed by atoms with Crippen molar-refractivity contribution in [3.8, 4) is 11.1 Å². The molecule has 29 heavy (non-hydrogen) atoms. The molecule has 5 heteroatoms.